The van der Waals surface area contributed by atoms with Crippen molar-refractivity contribution in [1.29, 1.82) is 0 Å². The van der Waals surface area contributed by atoms with Crippen molar-refractivity contribution >= 4 is 11.3 Å². The van der Waals surface area contributed by atoms with Gasteiger partial charge in [0.1, 0.15) is 5.01 Å². The molecule has 2 heterocycles. The van der Waals surface area contributed by atoms with E-state index in [2.05, 4.69) is 76.7 Å². The summed E-state index contributed by atoms with van der Waals surface area (Å²) in [6, 6.07) is 19.9. The van der Waals surface area contributed by atoms with Gasteiger partial charge in [-0.3, -0.25) is 4.90 Å². The first-order valence-corrected chi connectivity index (χ1v) is 10.6. The third-order valence-corrected chi connectivity index (χ3v) is 6.37. The largest absolute Gasteiger partial charge is 0.308 e. The van der Waals surface area contributed by atoms with Crippen LogP contribution in [0.25, 0.3) is 10.4 Å². The zero-order chi connectivity index (χ0) is 18.5. The Hall–Kier alpha value is -2.01. The zero-order valence-corrected chi connectivity index (χ0v) is 16.7. The van der Waals surface area contributed by atoms with E-state index in [-0.39, 0.29) is 0 Å². The monoisotopic (exact) mass is 377 g/mol. The summed E-state index contributed by atoms with van der Waals surface area (Å²) in [6.45, 7) is 6.44. The molecular weight excluding hydrogens is 350 g/mol. The van der Waals surface area contributed by atoms with E-state index in [4.69, 9.17) is 0 Å². The molecule has 3 aromatic rings. The Labute approximate surface area is 166 Å². The van der Waals surface area contributed by atoms with Gasteiger partial charge in [0.05, 0.1) is 4.88 Å². The summed E-state index contributed by atoms with van der Waals surface area (Å²) in [7, 11) is 0. The van der Waals surface area contributed by atoms with Crippen LogP contribution in [0.15, 0.2) is 60.8 Å². The fourth-order valence-electron chi connectivity index (χ4n) is 3.73. The predicted octanol–water partition coefficient (Wildman–Crippen LogP) is 4.87. The number of thiazole rings is 1. The molecule has 0 atom stereocenters. The number of aryl methyl sites for hydroxylation is 1. The molecule has 2 aromatic carbocycles. The Kier molecular flexibility index (Phi) is 5.97. The summed E-state index contributed by atoms with van der Waals surface area (Å²) < 4.78 is 0. The number of piperidine rings is 1. The van der Waals surface area contributed by atoms with E-state index in [1.807, 2.05) is 17.5 Å². The molecule has 0 aliphatic carbocycles. The number of nitrogens with zero attached hydrogens (tertiary/aromatic N) is 2. The average molecular weight is 378 g/mol. The summed E-state index contributed by atoms with van der Waals surface area (Å²) in [5.74, 6) is 0. The third kappa shape index (κ3) is 4.83. The Bertz CT molecular complexity index is 851. The molecular formula is C23H27N3S. The second-order valence-electron chi connectivity index (χ2n) is 7.35. The van der Waals surface area contributed by atoms with E-state index in [1.165, 1.54) is 52.5 Å². The van der Waals surface area contributed by atoms with Crippen molar-refractivity contribution in [2.75, 3.05) is 13.1 Å². The van der Waals surface area contributed by atoms with E-state index in [9.17, 15) is 0 Å². The number of likely N-dealkylation sites (tertiary alicyclic amines) is 1. The topological polar surface area (TPSA) is 28.2 Å². The standard InChI is InChI=1S/C23H27N3S/c1-18-7-5-6-10-21(18)22-15-25-23(27-22)16-24-20-11-13-26(14-12-20)17-19-8-3-2-4-9-19/h2-10,15,20,24H,11-14,16-17H2,1H3. The minimum Gasteiger partial charge on any atom is -0.308 e. The van der Waals surface area contributed by atoms with Gasteiger partial charge in [-0.05, 0) is 49.5 Å². The predicted molar refractivity (Wildman–Crippen MR) is 114 cm³/mol. The van der Waals surface area contributed by atoms with Crippen molar-refractivity contribution in [2.45, 2.75) is 38.9 Å². The highest BCUT2D eigenvalue weighted by atomic mass is 32.1. The molecule has 0 spiro atoms. The molecule has 1 saturated heterocycles. The van der Waals surface area contributed by atoms with Crippen LogP contribution in [0.2, 0.25) is 0 Å². The molecule has 4 rings (SSSR count). The lowest BCUT2D eigenvalue weighted by atomic mass is 10.0. The molecule has 140 valence electrons. The van der Waals surface area contributed by atoms with Crippen LogP contribution in [0.4, 0.5) is 0 Å². The third-order valence-electron chi connectivity index (χ3n) is 5.34. The van der Waals surface area contributed by atoms with Crippen molar-refractivity contribution < 1.29 is 0 Å². The molecule has 0 radical (unpaired) electrons. The second kappa shape index (κ2) is 8.79. The normalized spacial score (nSPS) is 15.9. The number of hydrogen-bond acceptors (Lipinski definition) is 4. The van der Waals surface area contributed by atoms with Gasteiger partial charge < -0.3 is 5.32 Å². The number of benzene rings is 2. The Morgan fingerprint density at radius 1 is 1.04 bits per heavy atom. The molecule has 3 nitrogen and oxygen atoms in total. The van der Waals surface area contributed by atoms with Crippen molar-refractivity contribution in [3.63, 3.8) is 0 Å². The maximum absolute atomic E-state index is 4.63. The molecule has 0 bridgehead atoms. The van der Waals surface area contributed by atoms with Gasteiger partial charge >= 0.3 is 0 Å². The first-order chi connectivity index (χ1) is 13.3. The molecule has 1 aliphatic heterocycles. The molecule has 4 heteroatoms. The molecule has 1 fully saturated rings. The SMILES string of the molecule is Cc1ccccc1-c1cnc(CNC2CCN(Cc3ccccc3)CC2)s1. The van der Waals surface area contributed by atoms with Crippen LogP contribution < -0.4 is 5.32 Å². The maximum Gasteiger partial charge on any atom is 0.107 e. The highest BCUT2D eigenvalue weighted by Crippen LogP contribution is 2.28. The van der Waals surface area contributed by atoms with Crippen LogP contribution in [0, 0.1) is 6.92 Å². The van der Waals surface area contributed by atoms with Crippen LogP contribution in [0.1, 0.15) is 29.0 Å². The summed E-state index contributed by atoms with van der Waals surface area (Å²) in [4.78, 5) is 8.46. The smallest absolute Gasteiger partial charge is 0.107 e. The van der Waals surface area contributed by atoms with Gasteiger partial charge in [-0.15, -0.1) is 11.3 Å². The van der Waals surface area contributed by atoms with Gasteiger partial charge in [-0.25, -0.2) is 4.98 Å². The van der Waals surface area contributed by atoms with Crippen molar-refractivity contribution in [3.05, 3.63) is 76.9 Å². The number of rotatable bonds is 6. The van der Waals surface area contributed by atoms with Crippen LogP contribution in [0.5, 0.6) is 0 Å². The lowest BCUT2D eigenvalue weighted by Crippen LogP contribution is -2.41. The van der Waals surface area contributed by atoms with Crippen LogP contribution in [-0.4, -0.2) is 29.0 Å². The minimum absolute atomic E-state index is 0.600. The average Bonchev–Trinajstić information content (AvgIpc) is 3.17. The fraction of sp³-hybridized carbons (Fsp3) is 0.348. The van der Waals surface area contributed by atoms with Crippen molar-refractivity contribution in [2.24, 2.45) is 0 Å². The van der Waals surface area contributed by atoms with Gasteiger partial charge in [-0.2, -0.15) is 0 Å². The Balaban J connectivity index is 1.25. The van der Waals surface area contributed by atoms with E-state index in [1.54, 1.807) is 0 Å². The molecule has 1 aliphatic rings. The van der Waals surface area contributed by atoms with E-state index < -0.39 is 0 Å². The summed E-state index contributed by atoms with van der Waals surface area (Å²) in [5.41, 5.74) is 4.03. The molecule has 1 aromatic heterocycles. The highest BCUT2D eigenvalue weighted by molar-refractivity contribution is 7.15. The van der Waals surface area contributed by atoms with Gasteiger partial charge in [0, 0.05) is 25.3 Å². The summed E-state index contributed by atoms with van der Waals surface area (Å²) in [6.07, 6.45) is 4.44. The Morgan fingerprint density at radius 3 is 2.56 bits per heavy atom. The van der Waals surface area contributed by atoms with Gasteiger partial charge in [0.2, 0.25) is 0 Å². The van der Waals surface area contributed by atoms with E-state index in [0.29, 0.717) is 6.04 Å². The van der Waals surface area contributed by atoms with E-state index in [0.717, 1.165) is 13.1 Å². The first-order valence-electron chi connectivity index (χ1n) is 9.78. The molecule has 1 N–H and O–H groups in total. The summed E-state index contributed by atoms with van der Waals surface area (Å²) >= 11 is 1.81. The van der Waals surface area contributed by atoms with Crippen LogP contribution in [-0.2, 0) is 13.1 Å². The van der Waals surface area contributed by atoms with Crippen LogP contribution >= 0.6 is 11.3 Å². The summed E-state index contributed by atoms with van der Waals surface area (Å²) in [5, 5.41) is 4.90. The first kappa shape index (κ1) is 18.4. The zero-order valence-electron chi connectivity index (χ0n) is 15.9. The molecule has 0 saturated carbocycles. The number of nitrogens with one attached hydrogen (secondary N) is 1. The Morgan fingerprint density at radius 2 is 1.78 bits per heavy atom. The van der Waals surface area contributed by atoms with Crippen molar-refractivity contribution in [3.8, 4) is 10.4 Å². The van der Waals surface area contributed by atoms with Crippen LogP contribution in [0.3, 0.4) is 0 Å². The molecule has 0 unspecified atom stereocenters. The fourth-order valence-corrected chi connectivity index (χ4v) is 4.69. The number of aromatic nitrogens is 1. The quantitative estimate of drug-likeness (QED) is 0.664. The number of hydrogen-bond donors (Lipinski definition) is 1. The lowest BCUT2D eigenvalue weighted by Gasteiger charge is -2.32. The van der Waals surface area contributed by atoms with Gasteiger partial charge in [0.25, 0.3) is 0 Å². The van der Waals surface area contributed by atoms with Gasteiger partial charge in [-0.1, -0.05) is 54.6 Å². The maximum atomic E-state index is 4.63. The van der Waals surface area contributed by atoms with E-state index >= 15 is 0 Å². The van der Waals surface area contributed by atoms with Gasteiger partial charge in [0.15, 0.2) is 0 Å². The second-order valence-corrected chi connectivity index (χ2v) is 8.47. The minimum atomic E-state index is 0.600. The van der Waals surface area contributed by atoms with Crippen molar-refractivity contribution in [1.82, 2.24) is 15.2 Å². The lowest BCUT2D eigenvalue weighted by molar-refractivity contribution is 0.190. The highest BCUT2D eigenvalue weighted by Gasteiger charge is 2.19. The molecule has 0 amide bonds. The molecule has 27 heavy (non-hydrogen) atoms.